The monoisotopic (exact) mass is 234 g/mol. The molecule has 0 fully saturated rings. The molecule has 0 spiro atoms. The lowest BCUT2D eigenvalue weighted by Gasteiger charge is -2.34. The van der Waals surface area contributed by atoms with E-state index in [9.17, 15) is 5.11 Å². The Hall–Kier alpha value is -1.64. The van der Waals surface area contributed by atoms with E-state index in [2.05, 4.69) is 39.2 Å². The van der Waals surface area contributed by atoms with E-state index in [0.717, 1.165) is 11.3 Å². The molecule has 3 N–H and O–H groups in total. The summed E-state index contributed by atoms with van der Waals surface area (Å²) in [4.78, 5) is 2.21. The zero-order valence-corrected chi connectivity index (χ0v) is 11.1. The number of hydrogen-bond donors (Lipinski definition) is 2. The summed E-state index contributed by atoms with van der Waals surface area (Å²) in [6, 6.07) is 5.98. The van der Waals surface area contributed by atoms with Gasteiger partial charge in [0, 0.05) is 23.3 Å². The summed E-state index contributed by atoms with van der Waals surface area (Å²) in [6.07, 6.45) is 0. The highest BCUT2D eigenvalue weighted by Gasteiger charge is 2.17. The predicted octanol–water partition coefficient (Wildman–Crippen LogP) is 3.06. The normalized spacial score (nSPS) is 10.9. The molecule has 0 bridgehead atoms. The van der Waals surface area contributed by atoms with Gasteiger partial charge in [-0.05, 0) is 39.8 Å². The largest absolute Gasteiger partial charge is 0.506 e. The molecule has 3 nitrogen and oxygen atoms in total. The van der Waals surface area contributed by atoms with Gasteiger partial charge in [0.05, 0.1) is 5.69 Å². The minimum Gasteiger partial charge on any atom is -0.506 e. The van der Waals surface area contributed by atoms with Crippen LogP contribution in [0.4, 0.5) is 5.69 Å². The number of benzene rings is 1. The smallest absolute Gasteiger partial charge is 0.139 e. The molecule has 0 atom stereocenters. The van der Waals surface area contributed by atoms with Crippen molar-refractivity contribution in [3.05, 3.63) is 30.3 Å². The molecule has 0 aliphatic carbocycles. The van der Waals surface area contributed by atoms with Crippen LogP contribution in [0.3, 0.4) is 0 Å². The van der Waals surface area contributed by atoms with E-state index in [0.29, 0.717) is 17.8 Å². The maximum atomic E-state index is 9.62. The first-order chi connectivity index (χ1) is 7.84. The average molecular weight is 234 g/mol. The van der Waals surface area contributed by atoms with Crippen molar-refractivity contribution >= 4 is 11.4 Å². The minimum absolute atomic E-state index is 0.108. The van der Waals surface area contributed by atoms with Crippen molar-refractivity contribution in [3.63, 3.8) is 0 Å². The third-order valence-electron chi connectivity index (χ3n) is 2.79. The highest BCUT2D eigenvalue weighted by Crippen LogP contribution is 2.28. The molecule has 17 heavy (non-hydrogen) atoms. The van der Waals surface area contributed by atoms with Gasteiger partial charge in [-0.1, -0.05) is 12.6 Å². The van der Waals surface area contributed by atoms with E-state index in [-0.39, 0.29) is 5.75 Å². The summed E-state index contributed by atoms with van der Waals surface area (Å²) in [6.45, 7) is 12.6. The van der Waals surface area contributed by atoms with Crippen LogP contribution in [0, 0.1) is 0 Å². The van der Waals surface area contributed by atoms with Crippen LogP contribution in [0.15, 0.2) is 24.8 Å². The van der Waals surface area contributed by atoms with E-state index >= 15 is 0 Å². The number of aromatic hydroxyl groups is 1. The molecule has 0 aromatic heterocycles. The van der Waals surface area contributed by atoms with Crippen molar-refractivity contribution in [1.82, 2.24) is 4.90 Å². The Kier molecular flexibility index (Phi) is 4.05. The van der Waals surface area contributed by atoms with E-state index in [1.54, 1.807) is 12.1 Å². The van der Waals surface area contributed by atoms with Crippen LogP contribution in [0.1, 0.15) is 33.3 Å². The maximum absolute atomic E-state index is 9.62. The zero-order chi connectivity index (χ0) is 13.2. The zero-order valence-electron chi connectivity index (χ0n) is 11.1. The van der Waals surface area contributed by atoms with Crippen molar-refractivity contribution in [2.45, 2.75) is 39.8 Å². The third kappa shape index (κ3) is 2.93. The average Bonchev–Trinajstić information content (AvgIpc) is 2.20. The second-order valence-electron chi connectivity index (χ2n) is 4.82. The van der Waals surface area contributed by atoms with E-state index in [4.69, 9.17) is 5.73 Å². The molecular formula is C14H22N2O. The molecule has 0 unspecified atom stereocenters. The molecule has 0 saturated carbocycles. The third-order valence-corrected chi connectivity index (χ3v) is 2.79. The van der Waals surface area contributed by atoms with Gasteiger partial charge in [0.25, 0.3) is 0 Å². The molecule has 0 heterocycles. The summed E-state index contributed by atoms with van der Waals surface area (Å²) in [5, 5.41) is 9.62. The lowest BCUT2D eigenvalue weighted by molar-refractivity contribution is 0.274. The van der Waals surface area contributed by atoms with Crippen LogP contribution in [0.5, 0.6) is 5.75 Å². The van der Waals surface area contributed by atoms with Crippen LogP contribution in [0.25, 0.3) is 5.70 Å². The van der Waals surface area contributed by atoms with Crippen molar-refractivity contribution in [1.29, 1.82) is 0 Å². The first kappa shape index (κ1) is 13.4. The Morgan fingerprint density at radius 1 is 1.24 bits per heavy atom. The Morgan fingerprint density at radius 2 is 1.76 bits per heavy atom. The number of nitrogens with two attached hydrogens (primary N) is 1. The lowest BCUT2D eigenvalue weighted by Crippen LogP contribution is -2.35. The molecule has 1 aromatic carbocycles. The van der Waals surface area contributed by atoms with E-state index in [1.165, 1.54) is 0 Å². The Labute approximate surface area is 104 Å². The second kappa shape index (κ2) is 5.13. The summed E-state index contributed by atoms with van der Waals surface area (Å²) in [5.41, 5.74) is 7.79. The molecule has 0 aliphatic heterocycles. The number of nitrogen functional groups attached to an aromatic ring is 1. The summed E-state index contributed by atoms with van der Waals surface area (Å²) < 4.78 is 0. The summed E-state index contributed by atoms with van der Waals surface area (Å²) >= 11 is 0. The van der Waals surface area contributed by atoms with Gasteiger partial charge < -0.3 is 15.7 Å². The minimum atomic E-state index is 0.108. The van der Waals surface area contributed by atoms with Gasteiger partial charge in [0.2, 0.25) is 0 Å². The highest BCUT2D eigenvalue weighted by atomic mass is 16.3. The van der Waals surface area contributed by atoms with Crippen molar-refractivity contribution in [3.8, 4) is 5.75 Å². The fourth-order valence-electron chi connectivity index (χ4n) is 2.09. The standard InChI is InChI=1S/C14H22N2O/c1-9(2)16(10(3)4)11(5)12-6-7-13(15)14(17)8-12/h6-10,17H,5,15H2,1-4H3. The van der Waals surface area contributed by atoms with Gasteiger partial charge in [-0.25, -0.2) is 0 Å². The SMILES string of the molecule is C=C(c1ccc(N)c(O)c1)N(C(C)C)C(C)C. The fourth-order valence-corrected chi connectivity index (χ4v) is 2.09. The molecule has 1 rings (SSSR count). The number of rotatable bonds is 4. The van der Waals surface area contributed by atoms with Gasteiger partial charge in [-0.15, -0.1) is 0 Å². The lowest BCUT2D eigenvalue weighted by atomic mass is 10.1. The van der Waals surface area contributed by atoms with Gasteiger partial charge in [0.1, 0.15) is 5.75 Å². The molecule has 0 saturated heterocycles. The predicted molar refractivity (Wildman–Crippen MR) is 73.7 cm³/mol. The van der Waals surface area contributed by atoms with Crippen LogP contribution in [-0.4, -0.2) is 22.1 Å². The van der Waals surface area contributed by atoms with Crippen LogP contribution < -0.4 is 5.73 Å². The molecule has 3 heteroatoms. The van der Waals surface area contributed by atoms with Gasteiger partial charge in [-0.3, -0.25) is 0 Å². The van der Waals surface area contributed by atoms with E-state index < -0.39 is 0 Å². The van der Waals surface area contributed by atoms with E-state index in [1.807, 2.05) is 6.07 Å². The Balaban J connectivity index is 3.06. The summed E-state index contributed by atoms with van der Waals surface area (Å²) in [5.74, 6) is 0.108. The van der Waals surface area contributed by atoms with Crippen LogP contribution in [-0.2, 0) is 0 Å². The van der Waals surface area contributed by atoms with Gasteiger partial charge >= 0.3 is 0 Å². The van der Waals surface area contributed by atoms with Gasteiger partial charge in [-0.2, -0.15) is 0 Å². The fraction of sp³-hybridized carbons (Fsp3) is 0.429. The molecule has 0 amide bonds. The molecular weight excluding hydrogens is 212 g/mol. The van der Waals surface area contributed by atoms with Crippen molar-refractivity contribution < 1.29 is 5.11 Å². The highest BCUT2D eigenvalue weighted by molar-refractivity contribution is 5.67. The molecule has 94 valence electrons. The topological polar surface area (TPSA) is 49.5 Å². The van der Waals surface area contributed by atoms with Crippen LogP contribution in [0.2, 0.25) is 0 Å². The molecule has 0 radical (unpaired) electrons. The first-order valence-corrected chi connectivity index (χ1v) is 5.90. The number of hydrogen-bond acceptors (Lipinski definition) is 3. The molecule has 0 aliphatic rings. The van der Waals surface area contributed by atoms with Crippen molar-refractivity contribution in [2.75, 3.05) is 5.73 Å². The van der Waals surface area contributed by atoms with Gasteiger partial charge in [0.15, 0.2) is 0 Å². The number of anilines is 1. The number of nitrogens with zero attached hydrogens (tertiary/aromatic N) is 1. The number of phenols is 1. The Bertz CT molecular complexity index is 403. The van der Waals surface area contributed by atoms with Crippen LogP contribution >= 0.6 is 0 Å². The molecule has 1 aromatic rings. The maximum Gasteiger partial charge on any atom is 0.139 e. The van der Waals surface area contributed by atoms with Crippen molar-refractivity contribution in [2.24, 2.45) is 0 Å². The summed E-state index contributed by atoms with van der Waals surface area (Å²) in [7, 11) is 0. The quantitative estimate of drug-likeness (QED) is 0.622. The first-order valence-electron chi connectivity index (χ1n) is 5.90. The Morgan fingerprint density at radius 3 is 2.18 bits per heavy atom. The number of phenolic OH excluding ortho intramolecular Hbond substituents is 1. The second-order valence-corrected chi connectivity index (χ2v) is 4.82.